The van der Waals surface area contributed by atoms with Crippen LogP contribution in [0.25, 0.3) is 66.1 Å². The summed E-state index contributed by atoms with van der Waals surface area (Å²) in [6, 6.07) is 51.0. The zero-order chi connectivity index (χ0) is 28.0. The minimum atomic E-state index is 1.03. The highest BCUT2D eigenvalue weighted by molar-refractivity contribution is 9.09. The van der Waals surface area contributed by atoms with Crippen molar-refractivity contribution in [1.82, 2.24) is 9.13 Å². The molecule has 2 nitrogen and oxygen atoms in total. The van der Waals surface area contributed by atoms with E-state index in [1.54, 1.807) is 0 Å². The number of alkyl halides is 1. The van der Waals surface area contributed by atoms with Crippen LogP contribution in [0.5, 0.6) is 0 Å². The molecular formula is C39H29BrN2. The minimum absolute atomic E-state index is 1.03. The standard InChI is InChI=1S/C39H29BrN2/c40-25-7-8-27-15-24-39-35(26-27)34-11-3-6-14-38(34)42(39)31-22-18-29(19-23-31)28-16-20-30(21-17-28)41-36-12-4-1-9-32(36)33-10-2-5-13-37(33)41/h1-6,9-24,26H,7-8,25H2. The van der Waals surface area contributed by atoms with Gasteiger partial charge in [0.05, 0.1) is 22.1 Å². The predicted octanol–water partition coefficient (Wildman–Crippen LogP) is 10.9. The van der Waals surface area contributed by atoms with Gasteiger partial charge in [-0.25, -0.2) is 0 Å². The number of benzene rings is 6. The lowest BCUT2D eigenvalue weighted by Crippen LogP contribution is -1.95. The van der Waals surface area contributed by atoms with Gasteiger partial charge in [0.2, 0.25) is 0 Å². The van der Waals surface area contributed by atoms with Crippen LogP contribution in [0.1, 0.15) is 12.0 Å². The average Bonchev–Trinajstić information content (AvgIpc) is 3.57. The molecule has 0 N–H and O–H groups in total. The largest absolute Gasteiger partial charge is 0.309 e. The van der Waals surface area contributed by atoms with Crippen molar-refractivity contribution in [2.75, 3.05) is 5.33 Å². The van der Waals surface area contributed by atoms with Crippen LogP contribution in [0.15, 0.2) is 140 Å². The van der Waals surface area contributed by atoms with Gasteiger partial charge < -0.3 is 9.13 Å². The lowest BCUT2D eigenvalue weighted by molar-refractivity contribution is 0.941. The fourth-order valence-electron chi connectivity index (χ4n) is 6.53. The second kappa shape index (κ2) is 10.3. The zero-order valence-electron chi connectivity index (χ0n) is 23.2. The lowest BCUT2D eigenvalue weighted by Gasteiger charge is -2.11. The number of fused-ring (bicyclic) bond motifs is 6. The summed E-state index contributed by atoms with van der Waals surface area (Å²) in [5.74, 6) is 0. The molecule has 0 amide bonds. The molecule has 0 radical (unpaired) electrons. The first-order valence-electron chi connectivity index (χ1n) is 14.6. The molecule has 2 heterocycles. The molecule has 202 valence electrons. The third-order valence-corrected chi connectivity index (χ3v) is 9.06. The second-order valence-corrected chi connectivity index (χ2v) is 11.8. The van der Waals surface area contributed by atoms with Crippen molar-refractivity contribution in [2.24, 2.45) is 0 Å². The Morgan fingerprint density at radius 3 is 1.33 bits per heavy atom. The number of aromatic nitrogens is 2. The van der Waals surface area contributed by atoms with E-state index in [9.17, 15) is 0 Å². The van der Waals surface area contributed by atoms with Crippen molar-refractivity contribution in [3.63, 3.8) is 0 Å². The maximum absolute atomic E-state index is 3.58. The third kappa shape index (κ3) is 4.07. The number of nitrogens with zero attached hydrogens (tertiary/aromatic N) is 2. The van der Waals surface area contributed by atoms with Gasteiger partial charge in [0.25, 0.3) is 0 Å². The second-order valence-electron chi connectivity index (χ2n) is 11.0. The fourth-order valence-corrected chi connectivity index (χ4v) is 6.81. The van der Waals surface area contributed by atoms with Crippen molar-refractivity contribution >= 4 is 59.5 Å². The molecule has 42 heavy (non-hydrogen) atoms. The number of halogens is 1. The molecule has 3 heteroatoms. The van der Waals surface area contributed by atoms with E-state index in [2.05, 4.69) is 165 Å². The number of rotatable bonds is 6. The van der Waals surface area contributed by atoms with E-state index >= 15 is 0 Å². The van der Waals surface area contributed by atoms with Crippen molar-refractivity contribution in [1.29, 1.82) is 0 Å². The van der Waals surface area contributed by atoms with Crippen LogP contribution in [-0.2, 0) is 6.42 Å². The first-order chi connectivity index (χ1) is 20.8. The van der Waals surface area contributed by atoms with Gasteiger partial charge in [0.15, 0.2) is 0 Å². The van der Waals surface area contributed by atoms with Gasteiger partial charge in [-0.1, -0.05) is 101 Å². The van der Waals surface area contributed by atoms with Crippen LogP contribution in [0, 0.1) is 0 Å². The van der Waals surface area contributed by atoms with E-state index in [0.29, 0.717) is 0 Å². The van der Waals surface area contributed by atoms with Gasteiger partial charge in [0, 0.05) is 38.2 Å². The molecule has 2 aromatic heterocycles. The van der Waals surface area contributed by atoms with E-state index in [0.717, 1.165) is 18.2 Å². The smallest absolute Gasteiger partial charge is 0.0541 e. The molecule has 0 unspecified atom stereocenters. The molecule has 0 saturated carbocycles. The van der Waals surface area contributed by atoms with E-state index in [1.807, 2.05) is 0 Å². The van der Waals surface area contributed by atoms with Gasteiger partial charge in [-0.15, -0.1) is 0 Å². The van der Waals surface area contributed by atoms with Crippen molar-refractivity contribution in [2.45, 2.75) is 12.8 Å². The van der Waals surface area contributed by atoms with Crippen molar-refractivity contribution in [3.8, 4) is 22.5 Å². The molecule has 0 bridgehead atoms. The topological polar surface area (TPSA) is 9.86 Å². The SMILES string of the molecule is BrCCCc1ccc2c(c1)c1ccccc1n2-c1ccc(-c2ccc(-n3c4ccccc4c4ccccc43)cc2)cc1. The van der Waals surface area contributed by atoms with Crippen LogP contribution in [0.4, 0.5) is 0 Å². The van der Waals surface area contributed by atoms with Gasteiger partial charge in [-0.3, -0.25) is 0 Å². The average molecular weight is 606 g/mol. The quantitative estimate of drug-likeness (QED) is 0.167. The van der Waals surface area contributed by atoms with Gasteiger partial charge in [-0.05, 0) is 84.1 Å². The summed E-state index contributed by atoms with van der Waals surface area (Å²) in [6.07, 6.45) is 2.23. The maximum atomic E-state index is 3.58. The Balaban J connectivity index is 1.16. The summed E-state index contributed by atoms with van der Waals surface area (Å²) in [5, 5.41) is 6.23. The predicted molar refractivity (Wildman–Crippen MR) is 183 cm³/mol. The van der Waals surface area contributed by atoms with Crippen LogP contribution in [-0.4, -0.2) is 14.5 Å². The highest BCUT2D eigenvalue weighted by Crippen LogP contribution is 2.35. The number of para-hydroxylation sites is 3. The molecule has 0 aliphatic carbocycles. The Morgan fingerprint density at radius 1 is 0.429 bits per heavy atom. The first-order valence-corrected chi connectivity index (χ1v) is 15.7. The minimum Gasteiger partial charge on any atom is -0.309 e. The summed E-state index contributed by atoms with van der Waals surface area (Å²) in [4.78, 5) is 0. The summed E-state index contributed by atoms with van der Waals surface area (Å²) in [6.45, 7) is 0. The fraction of sp³-hybridized carbons (Fsp3) is 0.0769. The monoisotopic (exact) mass is 604 g/mol. The van der Waals surface area contributed by atoms with E-state index in [-0.39, 0.29) is 0 Å². The van der Waals surface area contributed by atoms with Crippen LogP contribution in [0.3, 0.4) is 0 Å². The molecule has 8 aromatic rings. The Hall–Kier alpha value is -4.60. The van der Waals surface area contributed by atoms with Crippen molar-refractivity contribution in [3.05, 3.63) is 145 Å². The molecule has 0 spiro atoms. The van der Waals surface area contributed by atoms with Crippen LogP contribution in [0.2, 0.25) is 0 Å². The maximum Gasteiger partial charge on any atom is 0.0541 e. The molecule has 0 aliphatic rings. The van der Waals surface area contributed by atoms with Gasteiger partial charge in [0.1, 0.15) is 0 Å². The number of aryl methyl sites for hydroxylation is 1. The van der Waals surface area contributed by atoms with Crippen LogP contribution >= 0.6 is 15.9 Å². The normalized spacial score (nSPS) is 11.7. The molecular weight excluding hydrogens is 576 g/mol. The Morgan fingerprint density at radius 2 is 0.857 bits per heavy atom. The van der Waals surface area contributed by atoms with E-state index in [4.69, 9.17) is 0 Å². The number of hydrogen-bond donors (Lipinski definition) is 0. The molecule has 8 rings (SSSR count). The highest BCUT2D eigenvalue weighted by Gasteiger charge is 2.14. The van der Waals surface area contributed by atoms with E-state index < -0.39 is 0 Å². The summed E-state index contributed by atoms with van der Waals surface area (Å²) < 4.78 is 4.76. The van der Waals surface area contributed by atoms with Crippen molar-refractivity contribution < 1.29 is 0 Å². The first kappa shape index (κ1) is 25.1. The molecule has 0 fully saturated rings. The van der Waals surface area contributed by atoms with Gasteiger partial charge in [-0.2, -0.15) is 0 Å². The van der Waals surface area contributed by atoms with Gasteiger partial charge >= 0.3 is 0 Å². The molecule has 0 aliphatic heterocycles. The van der Waals surface area contributed by atoms with Crippen LogP contribution < -0.4 is 0 Å². The lowest BCUT2D eigenvalue weighted by atomic mass is 10.0. The molecule has 0 saturated heterocycles. The Bertz CT molecular complexity index is 2160. The molecule has 0 atom stereocenters. The Kier molecular flexibility index (Phi) is 6.19. The summed E-state index contributed by atoms with van der Waals surface area (Å²) in [5.41, 5.74) is 11.1. The third-order valence-electron chi connectivity index (χ3n) is 8.50. The summed E-state index contributed by atoms with van der Waals surface area (Å²) in [7, 11) is 0. The molecule has 6 aromatic carbocycles. The zero-order valence-corrected chi connectivity index (χ0v) is 24.8. The number of hydrogen-bond acceptors (Lipinski definition) is 0. The highest BCUT2D eigenvalue weighted by atomic mass is 79.9. The Labute approximate surface area is 253 Å². The van der Waals surface area contributed by atoms with E-state index in [1.165, 1.54) is 71.7 Å². The summed E-state index contributed by atoms with van der Waals surface area (Å²) >= 11 is 3.58.